The lowest BCUT2D eigenvalue weighted by atomic mass is 10.2. The Morgan fingerprint density at radius 3 is 2.54 bits per heavy atom. The molecule has 1 aromatic carbocycles. The molecule has 2 N–H and O–H groups in total. The third-order valence-corrected chi connectivity index (χ3v) is 5.94. The van der Waals surface area contributed by atoms with Crippen molar-refractivity contribution in [3.8, 4) is 11.4 Å². The van der Waals surface area contributed by atoms with Crippen molar-refractivity contribution in [3.63, 3.8) is 0 Å². The molecular formula is C23H28F2N8O2. The van der Waals surface area contributed by atoms with Crippen molar-refractivity contribution in [1.82, 2.24) is 34.4 Å². The molecule has 3 heterocycles. The molecule has 3 aromatic rings. The molecule has 0 radical (unpaired) electrons. The summed E-state index contributed by atoms with van der Waals surface area (Å²) in [5.41, 5.74) is 0.311. The highest BCUT2D eigenvalue weighted by Gasteiger charge is 2.24. The Kier molecular flexibility index (Phi) is 7.51. The van der Waals surface area contributed by atoms with Gasteiger partial charge in [0.1, 0.15) is 29.7 Å². The van der Waals surface area contributed by atoms with Crippen LogP contribution in [0.3, 0.4) is 0 Å². The van der Waals surface area contributed by atoms with E-state index < -0.39 is 11.6 Å². The van der Waals surface area contributed by atoms with E-state index in [1.165, 1.54) is 21.5 Å². The van der Waals surface area contributed by atoms with Gasteiger partial charge in [0.25, 0.3) is 0 Å². The number of anilines is 2. The number of carbonyl (C=O) groups excluding carboxylic acids is 2. The van der Waals surface area contributed by atoms with E-state index in [2.05, 4.69) is 25.6 Å². The van der Waals surface area contributed by atoms with Crippen LogP contribution in [0, 0.1) is 11.6 Å². The number of likely N-dealkylation sites (N-methyl/N-ethyl adjacent to an activating group) is 2. The highest BCUT2D eigenvalue weighted by atomic mass is 19.1. The number of hydrogen-bond acceptors (Lipinski definition) is 7. The summed E-state index contributed by atoms with van der Waals surface area (Å²) in [4.78, 5) is 32.9. The van der Waals surface area contributed by atoms with Gasteiger partial charge in [-0.15, -0.1) is 0 Å². The van der Waals surface area contributed by atoms with E-state index >= 15 is 0 Å². The van der Waals surface area contributed by atoms with E-state index in [9.17, 15) is 18.4 Å². The zero-order chi connectivity index (χ0) is 24.9. The number of aldehydes is 1. The SMILES string of the molecule is CNCCn1c(-c2c(F)cccc2F)nc(Nc2cnn(CC(=O)N3CCN(C)CC3)c2)c1C=O. The van der Waals surface area contributed by atoms with E-state index in [1.54, 1.807) is 18.1 Å². The van der Waals surface area contributed by atoms with Gasteiger partial charge in [-0.1, -0.05) is 6.07 Å². The average Bonchev–Trinajstić information content (AvgIpc) is 3.41. The first-order chi connectivity index (χ1) is 16.9. The number of carbonyl (C=O) groups is 2. The zero-order valence-corrected chi connectivity index (χ0v) is 19.7. The number of aromatic nitrogens is 4. The first-order valence-corrected chi connectivity index (χ1v) is 11.3. The fourth-order valence-electron chi connectivity index (χ4n) is 3.97. The van der Waals surface area contributed by atoms with Crippen LogP contribution in [0.5, 0.6) is 0 Å². The molecule has 0 spiro atoms. The number of piperazine rings is 1. The van der Waals surface area contributed by atoms with Crippen LogP contribution in [0.2, 0.25) is 0 Å². The summed E-state index contributed by atoms with van der Waals surface area (Å²) >= 11 is 0. The predicted octanol–water partition coefficient (Wildman–Crippen LogP) is 1.57. The van der Waals surface area contributed by atoms with Crippen molar-refractivity contribution in [1.29, 1.82) is 0 Å². The second-order valence-electron chi connectivity index (χ2n) is 8.37. The minimum atomic E-state index is -0.778. The maximum absolute atomic E-state index is 14.5. The van der Waals surface area contributed by atoms with Crippen molar-refractivity contribution in [2.75, 3.05) is 52.1 Å². The Morgan fingerprint density at radius 1 is 1.17 bits per heavy atom. The molecule has 1 amide bonds. The minimum absolute atomic E-state index is 0.00177. The molecule has 0 aliphatic carbocycles. The normalized spacial score (nSPS) is 14.3. The van der Waals surface area contributed by atoms with E-state index in [1.807, 2.05) is 7.05 Å². The van der Waals surface area contributed by atoms with Crippen LogP contribution in [-0.4, -0.2) is 88.1 Å². The van der Waals surface area contributed by atoms with Gasteiger partial charge in [-0.25, -0.2) is 13.8 Å². The van der Waals surface area contributed by atoms with Crippen molar-refractivity contribution in [2.45, 2.75) is 13.1 Å². The number of nitrogens with zero attached hydrogens (tertiary/aromatic N) is 6. The molecule has 186 valence electrons. The lowest BCUT2D eigenvalue weighted by Crippen LogP contribution is -2.48. The standard InChI is InChI=1S/C23H28F2N8O2/c1-26-6-7-33-19(15-34)22(29-23(33)21-17(24)4-3-5-18(21)25)28-16-12-27-32(13-16)14-20(35)31-10-8-30(2)9-11-31/h3-5,12-13,15,26,28H,6-11,14H2,1-2H3. The van der Waals surface area contributed by atoms with Crippen molar-refractivity contribution in [3.05, 3.63) is 47.9 Å². The van der Waals surface area contributed by atoms with Crippen molar-refractivity contribution in [2.24, 2.45) is 0 Å². The van der Waals surface area contributed by atoms with Gasteiger partial charge in [0.15, 0.2) is 12.1 Å². The fourth-order valence-corrected chi connectivity index (χ4v) is 3.97. The molecular weight excluding hydrogens is 458 g/mol. The lowest BCUT2D eigenvalue weighted by Gasteiger charge is -2.32. The van der Waals surface area contributed by atoms with Gasteiger partial charge in [0.2, 0.25) is 5.91 Å². The third-order valence-electron chi connectivity index (χ3n) is 5.94. The highest BCUT2D eigenvalue weighted by molar-refractivity contribution is 5.85. The number of rotatable bonds is 9. The number of amides is 1. The first kappa shape index (κ1) is 24.5. The Balaban J connectivity index is 1.58. The van der Waals surface area contributed by atoms with Crippen molar-refractivity contribution < 1.29 is 18.4 Å². The number of halogens is 2. The van der Waals surface area contributed by atoms with Gasteiger partial charge < -0.3 is 25.0 Å². The smallest absolute Gasteiger partial charge is 0.244 e. The second kappa shape index (κ2) is 10.7. The molecule has 4 rings (SSSR count). The van der Waals surface area contributed by atoms with Gasteiger partial charge in [0.05, 0.1) is 17.4 Å². The maximum Gasteiger partial charge on any atom is 0.244 e. The molecule has 1 fully saturated rings. The van der Waals surface area contributed by atoms with E-state index in [4.69, 9.17) is 0 Å². The quantitative estimate of drug-likeness (QED) is 0.443. The van der Waals surface area contributed by atoms with Crippen LogP contribution in [0.1, 0.15) is 10.5 Å². The largest absolute Gasteiger partial charge is 0.339 e. The minimum Gasteiger partial charge on any atom is -0.339 e. The third kappa shape index (κ3) is 5.38. The molecule has 1 aliphatic heterocycles. The number of benzene rings is 1. The highest BCUT2D eigenvalue weighted by Crippen LogP contribution is 2.30. The Bertz CT molecular complexity index is 1180. The van der Waals surface area contributed by atoms with E-state index in [0.29, 0.717) is 31.6 Å². The van der Waals surface area contributed by atoms with E-state index in [0.717, 1.165) is 25.2 Å². The molecule has 0 unspecified atom stereocenters. The topological polar surface area (TPSA) is 100 Å². The van der Waals surface area contributed by atoms with Gasteiger partial charge in [-0.2, -0.15) is 5.10 Å². The molecule has 0 bridgehead atoms. The van der Waals surface area contributed by atoms with Crippen LogP contribution in [0.4, 0.5) is 20.3 Å². The molecule has 1 saturated heterocycles. The van der Waals surface area contributed by atoms with E-state index in [-0.39, 0.29) is 41.9 Å². The number of hydrogen-bond donors (Lipinski definition) is 2. The second-order valence-corrected chi connectivity index (χ2v) is 8.37. The van der Waals surface area contributed by atoms with Crippen LogP contribution < -0.4 is 10.6 Å². The van der Waals surface area contributed by atoms with Crippen LogP contribution >= 0.6 is 0 Å². The van der Waals surface area contributed by atoms with Gasteiger partial charge in [-0.05, 0) is 26.2 Å². The molecule has 0 atom stereocenters. The van der Waals surface area contributed by atoms with Crippen LogP contribution in [-0.2, 0) is 17.9 Å². The Labute approximate surface area is 201 Å². The predicted molar refractivity (Wildman–Crippen MR) is 126 cm³/mol. The molecule has 1 aliphatic rings. The Hall–Kier alpha value is -3.64. The van der Waals surface area contributed by atoms with Gasteiger partial charge in [-0.3, -0.25) is 14.3 Å². The molecule has 10 nitrogen and oxygen atoms in total. The zero-order valence-electron chi connectivity index (χ0n) is 19.7. The van der Waals surface area contributed by atoms with Gasteiger partial charge >= 0.3 is 0 Å². The fraction of sp³-hybridized carbons (Fsp3) is 0.391. The summed E-state index contributed by atoms with van der Waals surface area (Å²) in [7, 11) is 3.75. The summed E-state index contributed by atoms with van der Waals surface area (Å²) in [6, 6.07) is 3.56. The van der Waals surface area contributed by atoms with Gasteiger partial charge in [0, 0.05) is 45.5 Å². The summed E-state index contributed by atoms with van der Waals surface area (Å²) < 4.78 is 32.0. The monoisotopic (exact) mass is 486 g/mol. The van der Waals surface area contributed by atoms with Crippen molar-refractivity contribution >= 4 is 23.7 Å². The summed E-state index contributed by atoms with van der Waals surface area (Å²) in [6.45, 7) is 3.79. The Morgan fingerprint density at radius 2 is 1.89 bits per heavy atom. The molecule has 35 heavy (non-hydrogen) atoms. The average molecular weight is 487 g/mol. The summed E-state index contributed by atoms with van der Waals surface area (Å²) in [6.07, 6.45) is 3.72. The van der Waals surface area contributed by atoms with Crippen LogP contribution in [0.15, 0.2) is 30.6 Å². The first-order valence-electron chi connectivity index (χ1n) is 11.3. The summed E-state index contributed by atoms with van der Waals surface area (Å²) in [5, 5.41) is 10.2. The number of imidazole rings is 1. The lowest BCUT2D eigenvalue weighted by molar-refractivity contribution is -0.133. The maximum atomic E-state index is 14.5. The molecule has 0 saturated carbocycles. The molecule has 2 aromatic heterocycles. The molecule has 12 heteroatoms. The summed E-state index contributed by atoms with van der Waals surface area (Å²) in [5.74, 6) is -1.45. The van der Waals surface area contributed by atoms with Crippen LogP contribution in [0.25, 0.3) is 11.4 Å². The number of nitrogens with one attached hydrogen (secondary N) is 2.